The third-order valence-corrected chi connectivity index (χ3v) is 7.71. The molecule has 1 atom stereocenters. The molecule has 0 aliphatic carbocycles. The Balaban J connectivity index is 1.47. The molecule has 3 heterocycles. The van der Waals surface area contributed by atoms with Crippen molar-refractivity contribution in [2.75, 3.05) is 26.7 Å². The normalized spacial score (nSPS) is 16.4. The van der Waals surface area contributed by atoms with Crippen molar-refractivity contribution in [3.8, 4) is 5.75 Å². The van der Waals surface area contributed by atoms with E-state index in [0.29, 0.717) is 66.7 Å². The standard InChI is InChI=1S/C28H32FN3O4S/c1-36-20-5-6-23-21(14-20)27(19(18-33)16-31-23)22(29)7-8-28(15-26(34)35)9-12-32(13-10-28)17-25(37)24-4-2-3-11-30-24/h2-6,11,14,16,22,33H,7-10,12-13,15,17-18H2,1H3,(H,34,35)/t22-/m1/s1. The number of aliphatic hydroxyl groups excluding tert-OH is 1. The highest BCUT2D eigenvalue weighted by molar-refractivity contribution is 7.80. The van der Waals surface area contributed by atoms with Crippen LogP contribution in [0.25, 0.3) is 10.9 Å². The van der Waals surface area contributed by atoms with Gasteiger partial charge in [0, 0.05) is 35.5 Å². The topological polar surface area (TPSA) is 95.8 Å². The number of carbonyl (C=O) groups is 1. The molecule has 1 aliphatic heterocycles. The number of halogens is 1. The van der Waals surface area contributed by atoms with E-state index >= 15 is 4.39 Å². The van der Waals surface area contributed by atoms with Crippen LogP contribution in [0.5, 0.6) is 5.75 Å². The van der Waals surface area contributed by atoms with Gasteiger partial charge in [-0.25, -0.2) is 4.39 Å². The first kappa shape index (κ1) is 27.0. The first-order chi connectivity index (χ1) is 17.8. The van der Waals surface area contributed by atoms with Gasteiger partial charge < -0.3 is 14.9 Å². The summed E-state index contributed by atoms with van der Waals surface area (Å²) in [5.74, 6) is -0.292. The molecule has 2 aromatic heterocycles. The maximum atomic E-state index is 15.9. The van der Waals surface area contributed by atoms with E-state index in [4.69, 9.17) is 17.0 Å². The van der Waals surface area contributed by atoms with Crippen LogP contribution < -0.4 is 4.74 Å². The van der Waals surface area contributed by atoms with Crippen molar-refractivity contribution in [1.82, 2.24) is 14.9 Å². The van der Waals surface area contributed by atoms with Gasteiger partial charge in [-0.15, -0.1) is 0 Å². The summed E-state index contributed by atoms with van der Waals surface area (Å²) in [7, 11) is 1.54. The Morgan fingerprint density at radius 1 is 1.24 bits per heavy atom. The Morgan fingerprint density at radius 2 is 2.03 bits per heavy atom. The maximum absolute atomic E-state index is 15.9. The Kier molecular flexibility index (Phi) is 8.79. The lowest BCUT2D eigenvalue weighted by molar-refractivity contribution is -0.141. The van der Waals surface area contributed by atoms with Crippen LogP contribution in [-0.2, 0) is 11.4 Å². The van der Waals surface area contributed by atoms with Gasteiger partial charge in [0.1, 0.15) is 11.9 Å². The molecule has 1 aliphatic rings. The van der Waals surface area contributed by atoms with Crippen molar-refractivity contribution < 1.29 is 24.1 Å². The van der Waals surface area contributed by atoms with Gasteiger partial charge in [0.2, 0.25) is 0 Å². The fourth-order valence-electron chi connectivity index (χ4n) is 5.27. The molecule has 1 fully saturated rings. The molecule has 0 amide bonds. The van der Waals surface area contributed by atoms with Crippen molar-refractivity contribution in [3.05, 3.63) is 65.6 Å². The largest absolute Gasteiger partial charge is 0.497 e. The Bertz CT molecular complexity index is 1240. The van der Waals surface area contributed by atoms with E-state index < -0.39 is 17.6 Å². The highest BCUT2D eigenvalue weighted by atomic mass is 32.1. The number of aliphatic hydroxyl groups is 1. The third kappa shape index (κ3) is 6.47. The summed E-state index contributed by atoms with van der Waals surface area (Å²) in [6, 6.07) is 10.9. The van der Waals surface area contributed by atoms with Crippen LogP contribution >= 0.6 is 12.2 Å². The van der Waals surface area contributed by atoms with Crippen LogP contribution in [0.1, 0.15) is 55.1 Å². The van der Waals surface area contributed by atoms with Crippen LogP contribution in [-0.4, -0.2) is 62.7 Å². The lowest BCUT2D eigenvalue weighted by Crippen LogP contribution is -2.43. The highest BCUT2D eigenvalue weighted by Crippen LogP contribution is 2.43. The second-order valence-electron chi connectivity index (χ2n) is 9.73. The predicted molar refractivity (Wildman–Crippen MR) is 144 cm³/mol. The zero-order valence-electron chi connectivity index (χ0n) is 20.9. The fourth-order valence-corrected chi connectivity index (χ4v) is 5.57. The van der Waals surface area contributed by atoms with Gasteiger partial charge >= 0.3 is 5.97 Å². The summed E-state index contributed by atoms with van der Waals surface area (Å²) in [6.45, 7) is 1.64. The van der Waals surface area contributed by atoms with Crippen molar-refractivity contribution >= 4 is 34.0 Å². The van der Waals surface area contributed by atoms with Gasteiger partial charge in [0.15, 0.2) is 0 Å². The molecule has 196 valence electrons. The number of likely N-dealkylation sites (tertiary alicyclic amines) is 1. The molecule has 7 nitrogen and oxygen atoms in total. The molecule has 0 spiro atoms. The number of fused-ring (bicyclic) bond motifs is 1. The molecular weight excluding hydrogens is 493 g/mol. The number of piperidine rings is 1. The smallest absolute Gasteiger partial charge is 0.303 e. The van der Waals surface area contributed by atoms with E-state index in [1.54, 1.807) is 31.5 Å². The third-order valence-electron chi connectivity index (χ3n) is 7.37. The molecule has 37 heavy (non-hydrogen) atoms. The second kappa shape index (κ2) is 12.0. The number of benzene rings is 1. The molecule has 9 heteroatoms. The van der Waals surface area contributed by atoms with E-state index in [2.05, 4.69) is 14.9 Å². The van der Waals surface area contributed by atoms with Crippen LogP contribution in [0.4, 0.5) is 4.39 Å². The predicted octanol–water partition coefficient (Wildman–Crippen LogP) is 4.90. The summed E-state index contributed by atoms with van der Waals surface area (Å²) in [5, 5.41) is 20.2. The highest BCUT2D eigenvalue weighted by Gasteiger charge is 2.37. The number of pyridine rings is 2. The molecule has 0 unspecified atom stereocenters. The molecule has 0 radical (unpaired) electrons. The van der Waals surface area contributed by atoms with Gasteiger partial charge in [-0.2, -0.15) is 0 Å². The summed E-state index contributed by atoms with van der Waals surface area (Å²) in [5.41, 5.74) is 1.72. The number of carboxylic acid groups (broad SMARTS) is 1. The van der Waals surface area contributed by atoms with Gasteiger partial charge in [-0.05, 0) is 74.5 Å². The van der Waals surface area contributed by atoms with E-state index in [1.165, 1.54) is 6.20 Å². The SMILES string of the molecule is COc1ccc2ncc(CO)c([C@H](F)CCC3(CC(=O)O)CCN(CC(=S)c4ccccn4)CC3)c2c1. The number of carboxylic acids is 1. The van der Waals surface area contributed by atoms with E-state index in [-0.39, 0.29) is 19.4 Å². The zero-order chi connectivity index (χ0) is 26.4. The number of aliphatic carboxylic acids is 1. The monoisotopic (exact) mass is 525 g/mol. The van der Waals surface area contributed by atoms with Crippen LogP contribution in [0.15, 0.2) is 48.8 Å². The van der Waals surface area contributed by atoms with Crippen LogP contribution in [0, 0.1) is 5.41 Å². The summed E-state index contributed by atoms with van der Waals surface area (Å²) < 4.78 is 21.2. The van der Waals surface area contributed by atoms with E-state index in [0.717, 1.165) is 10.6 Å². The Labute approximate surface area is 221 Å². The van der Waals surface area contributed by atoms with Crippen molar-refractivity contribution in [1.29, 1.82) is 0 Å². The van der Waals surface area contributed by atoms with Gasteiger partial charge in [-0.3, -0.25) is 19.7 Å². The Hall–Kier alpha value is -3.01. The minimum Gasteiger partial charge on any atom is -0.497 e. The fraction of sp³-hybridized carbons (Fsp3) is 0.429. The van der Waals surface area contributed by atoms with Crippen molar-refractivity contribution in [3.63, 3.8) is 0 Å². The number of hydrogen-bond donors (Lipinski definition) is 2. The summed E-state index contributed by atoms with van der Waals surface area (Å²) >= 11 is 5.57. The summed E-state index contributed by atoms with van der Waals surface area (Å²) in [4.78, 5) is 23.4. The lowest BCUT2D eigenvalue weighted by Gasteiger charge is -2.41. The number of methoxy groups -OCH3 is 1. The molecule has 4 rings (SSSR count). The maximum Gasteiger partial charge on any atom is 0.303 e. The first-order valence-electron chi connectivity index (χ1n) is 12.4. The number of aromatic nitrogens is 2. The molecule has 2 N–H and O–H groups in total. The van der Waals surface area contributed by atoms with Gasteiger partial charge in [0.05, 0.1) is 36.2 Å². The zero-order valence-corrected chi connectivity index (χ0v) is 21.7. The number of hydrogen-bond acceptors (Lipinski definition) is 7. The van der Waals surface area contributed by atoms with Crippen LogP contribution in [0.3, 0.4) is 0 Å². The molecule has 1 saturated heterocycles. The molecule has 0 saturated carbocycles. The lowest BCUT2D eigenvalue weighted by atomic mass is 9.71. The minimum atomic E-state index is -1.37. The number of rotatable bonds is 11. The number of thiocarbonyl (C=S) groups is 1. The number of alkyl halides is 1. The molecule has 3 aromatic rings. The second-order valence-corrected chi connectivity index (χ2v) is 10.2. The van der Waals surface area contributed by atoms with Crippen molar-refractivity contribution in [2.24, 2.45) is 5.41 Å². The number of nitrogens with zero attached hydrogens (tertiary/aromatic N) is 3. The number of ether oxygens (including phenoxy) is 1. The van der Waals surface area contributed by atoms with Gasteiger partial charge in [0.25, 0.3) is 0 Å². The molecular formula is C28H32FN3O4S. The average Bonchev–Trinajstić information content (AvgIpc) is 2.92. The van der Waals surface area contributed by atoms with E-state index in [9.17, 15) is 15.0 Å². The Morgan fingerprint density at radius 3 is 2.68 bits per heavy atom. The summed E-state index contributed by atoms with van der Waals surface area (Å²) in [6.07, 6.45) is 3.72. The average molecular weight is 526 g/mol. The van der Waals surface area contributed by atoms with Gasteiger partial charge in [-0.1, -0.05) is 18.3 Å². The quantitative estimate of drug-likeness (QED) is 0.270. The first-order valence-corrected chi connectivity index (χ1v) is 12.8. The minimum absolute atomic E-state index is 0.00395. The molecule has 1 aromatic carbocycles. The molecule has 0 bridgehead atoms. The van der Waals surface area contributed by atoms with Crippen LogP contribution in [0.2, 0.25) is 0 Å². The van der Waals surface area contributed by atoms with E-state index in [1.807, 2.05) is 18.2 Å². The van der Waals surface area contributed by atoms with Crippen molar-refractivity contribution in [2.45, 2.75) is 44.9 Å².